The third-order valence-electron chi connectivity index (χ3n) is 6.24. The number of carbonyl (C=O) groups is 2. The maximum Gasteiger partial charge on any atom is 0.264 e. The van der Waals surface area contributed by atoms with Crippen molar-refractivity contribution in [2.45, 2.75) is 51.1 Å². The number of aryl methyl sites for hydroxylation is 1. The molecule has 7 nitrogen and oxygen atoms in total. The summed E-state index contributed by atoms with van der Waals surface area (Å²) in [5.74, 6) is -0.882. The van der Waals surface area contributed by atoms with E-state index in [-0.39, 0.29) is 33.1 Å². The van der Waals surface area contributed by atoms with Crippen LogP contribution in [-0.4, -0.2) is 44.3 Å². The number of benzene rings is 3. The van der Waals surface area contributed by atoms with E-state index in [9.17, 15) is 18.0 Å². The zero-order valence-electron chi connectivity index (χ0n) is 22.2. The molecule has 2 amide bonds. The van der Waals surface area contributed by atoms with Crippen LogP contribution in [0.25, 0.3) is 0 Å². The highest BCUT2D eigenvalue weighted by molar-refractivity contribution is 7.92. The summed E-state index contributed by atoms with van der Waals surface area (Å²) < 4.78 is 28.6. The number of anilines is 1. The van der Waals surface area contributed by atoms with E-state index in [0.29, 0.717) is 6.54 Å². The first-order chi connectivity index (χ1) is 18.6. The van der Waals surface area contributed by atoms with Gasteiger partial charge in [-0.1, -0.05) is 90.6 Å². The maximum atomic E-state index is 13.9. The topological polar surface area (TPSA) is 86.8 Å². The highest BCUT2D eigenvalue weighted by atomic mass is 35.5. The molecule has 3 aromatic rings. The number of carbonyl (C=O) groups excluding carboxylic acids is 2. The molecule has 0 spiro atoms. The zero-order chi connectivity index (χ0) is 28.6. The minimum Gasteiger partial charge on any atom is -0.354 e. The first-order valence-corrected chi connectivity index (χ1v) is 14.9. The fourth-order valence-corrected chi connectivity index (χ4v) is 5.94. The van der Waals surface area contributed by atoms with Gasteiger partial charge in [0.25, 0.3) is 10.0 Å². The van der Waals surface area contributed by atoms with Crippen LogP contribution in [0.5, 0.6) is 0 Å². The third kappa shape index (κ3) is 7.75. The Morgan fingerprint density at radius 2 is 1.67 bits per heavy atom. The lowest BCUT2D eigenvalue weighted by Crippen LogP contribution is -2.51. The molecule has 3 aromatic carbocycles. The Kier molecular flexibility index (Phi) is 10.8. The molecule has 0 radical (unpaired) electrons. The van der Waals surface area contributed by atoms with Gasteiger partial charge in [-0.3, -0.25) is 13.9 Å². The van der Waals surface area contributed by atoms with E-state index < -0.39 is 28.5 Å². The normalized spacial score (nSPS) is 12.0. The second-order valence-corrected chi connectivity index (χ2v) is 11.9. The van der Waals surface area contributed by atoms with Gasteiger partial charge in [0.1, 0.15) is 12.6 Å². The molecule has 0 saturated carbocycles. The Morgan fingerprint density at radius 1 is 0.974 bits per heavy atom. The van der Waals surface area contributed by atoms with E-state index in [1.54, 1.807) is 31.2 Å². The Bertz CT molecular complexity index is 1400. The molecule has 39 heavy (non-hydrogen) atoms. The quantitative estimate of drug-likeness (QED) is 0.269. The maximum absolute atomic E-state index is 13.9. The molecule has 0 unspecified atom stereocenters. The average molecular weight is 591 g/mol. The molecular formula is C29H33Cl2N3O4S. The van der Waals surface area contributed by atoms with Crippen LogP contribution in [-0.2, 0) is 26.2 Å². The van der Waals surface area contributed by atoms with Crippen molar-refractivity contribution in [2.75, 3.05) is 17.4 Å². The molecule has 1 N–H and O–H groups in total. The van der Waals surface area contributed by atoms with Crippen LogP contribution in [0.4, 0.5) is 5.69 Å². The van der Waals surface area contributed by atoms with Gasteiger partial charge in [0.2, 0.25) is 11.8 Å². The lowest BCUT2D eigenvalue weighted by molar-refractivity contribution is -0.139. The van der Waals surface area contributed by atoms with Crippen molar-refractivity contribution in [1.82, 2.24) is 10.2 Å². The predicted molar refractivity (Wildman–Crippen MR) is 157 cm³/mol. The number of sulfonamides is 1. The number of rotatable bonds is 12. The van der Waals surface area contributed by atoms with Crippen LogP contribution >= 0.6 is 23.2 Å². The van der Waals surface area contributed by atoms with Crippen molar-refractivity contribution in [3.8, 4) is 0 Å². The average Bonchev–Trinajstić information content (AvgIpc) is 2.92. The van der Waals surface area contributed by atoms with Crippen molar-refractivity contribution in [2.24, 2.45) is 0 Å². The van der Waals surface area contributed by atoms with Crippen LogP contribution < -0.4 is 9.62 Å². The lowest BCUT2D eigenvalue weighted by atomic mass is 10.1. The standard InChI is InChI=1S/C29H33Cl2N3O4S/c1-4-5-17-32-29(36)22(3)33(19-23-12-9-11-21(2)18-23)27(35)20-34(26-16-10-15-25(30)28(26)31)39(37,38)24-13-7-6-8-14-24/h6-16,18,22H,4-5,17,19-20H2,1-3H3,(H,32,36)/t22-/m1/s1. The molecule has 0 heterocycles. The van der Waals surface area contributed by atoms with Gasteiger partial charge in [0.05, 0.1) is 20.6 Å². The molecule has 0 aliphatic rings. The van der Waals surface area contributed by atoms with E-state index in [1.165, 1.54) is 29.2 Å². The fourth-order valence-electron chi connectivity index (χ4n) is 4.04. The van der Waals surface area contributed by atoms with Gasteiger partial charge in [-0.25, -0.2) is 8.42 Å². The highest BCUT2D eigenvalue weighted by Gasteiger charge is 2.33. The molecule has 10 heteroatoms. The van der Waals surface area contributed by atoms with Gasteiger partial charge < -0.3 is 10.2 Å². The molecule has 208 valence electrons. The van der Waals surface area contributed by atoms with Crippen LogP contribution in [0.15, 0.2) is 77.7 Å². The molecule has 3 rings (SSSR count). The molecule has 0 fully saturated rings. The minimum atomic E-state index is -4.22. The van der Waals surface area contributed by atoms with Crippen LogP contribution in [0.1, 0.15) is 37.8 Å². The number of nitrogens with one attached hydrogen (secondary N) is 1. The molecule has 0 aliphatic heterocycles. The number of halogens is 2. The summed E-state index contributed by atoms with van der Waals surface area (Å²) in [5, 5.41) is 3.02. The third-order valence-corrected chi connectivity index (χ3v) is 8.83. The van der Waals surface area contributed by atoms with Crippen molar-refractivity contribution in [3.63, 3.8) is 0 Å². The van der Waals surface area contributed by atoms with Gasteiger partial charge in [-0.2, -0.15) is 0 Å². The van der Waals surface area contributed by atoms with Crippen molar-refractivity contribution in [3.05, 3.63) is 94.0 Å². The van der Waals surface area contributed by atoms with Crippen LogP contribution in [0.2, 0.25) is 10.0 Å². The molecule has 0 aliphatic carbocycles. The number of amides is 2. The second kappa shape index (κ2) is 13.8. The Labute approximate surface area is 240 Å². The summed E-state index contributed by atoms with van der Waals surface area (Å²) in [7, 11) is -4.22. The van der Waals surface area contributed by atoms with Gasteiger partial charge in [0, 0.05) is 13.1 Å². The number of hydrogen-bond donors (Lipinski definition) is 1. The van der Waals surface area contributed by atoms with Gasteiger partial charge in [-0.15, -0.1) is 0 Å². The Morgan fingerprint density at radius 3 is 2.33 bits per heavy atom. The molecular weight excluding hydrogens is 557 g/mol. The second-order valence-electron chi connectivity index (χ2n) is 9.23. The summed E-state index contributed by atoms with van der Waals surface area (Å²) in [6, 6.07) is 19.1. The first-order valence-electron chi connectivity index (χ1n) is 12.7. The number of hydrogen-bond acceptors (Lipinski definition) is 4. The van der Waals surface area contributed by atoms with Crippen molar-refractivity contribution < 1.29 is 18.0 Å². The molecule has 0 saturated heterocycles. The van der Waals surface area contributed by atoms with Crippen LogP contribution in [0.3, 0.4) is 0 Å². The summed E-state index contributed by atoms with van der Waals surface area (Å²) >= 11 is 12.7. The van der Waals surface area contributed by atoms with Crippen molar-refractivity contribution in [1.29, 1.82) is 0 Å². The van der Waals surface area contributed by atoms with E-state index in [1.807, 2.05) is 38.1 Å². The predicted octanol–water partition coefficient (Wildman–Crippen LogP) is 5.83. The SMILES string of the molecule is CCCCNC(=O)[C@@H](C)N(Cc1cccc(C)c1)C(=O)CN(c1cccc(Cl)c1Cl)S(=O)(=O)c1ccccc1. The molecule has 0 bridgehead atoms. The summed E-state index contributed by atoms with van der Waals surface area (Å²) in [5.41, 5.74) is 1.88. The Hall–Kier alpha value is -3.07. The van der Waals surface area contributed by atoms with E-state index in [4.69, 9.17) is 23.2 Å². The van der Waals surface area contributed by atoms with Crippen molar-refractivity contribution >= 4 is 50.7 Å². The number of nitrogens with zero attached hydrogens (tertiary/aromatic N) is 2. The highest BCUT2D eigenvalue weighted by Crippen LogP contribution is 2.35. The lowest BCUT2D eigenvalue weighted by Gasteiger charge is -2.32. The first kappa shape index (κ1) is 30.5. The van der Waals surface area contributed by atoms with E-state index in [0.717, 1.165) is 28.3 Å². The molecule has 1 atom stereocenters. The smallest absolute Gasteiger partial charge is 0.264 e. The summed E-state index contributed by atoms with van der Waals surface area (Å²) in [6.07, 6.45) is 1.72. The minimum absolute atomic E-state index is 0.00191. The monoisotopic (exact) mass is 589 g/mol. The van der Waals surface area contributed by atoms with Gasteiger partial charge in [-0.05, 0) is 50.1 Å². The number of unbranched alkanes of at least 4 members (excludes halogenated alkanes) is 1. The van der Waals surface area contributed by atoms with Gasteiger partial charge >= 0.3 is 0 Å². The summed E-state index contributed by atoms with van der Waals surface area (Å²) in [6.45, 7) is 5.61. The van der Waals surface area contributed by atoms with E-state index >= 15 is 0 Å². The summed E-state index contributed by atoms with van der Waals surface area (Å²) in [4.78, 5) is 28.3. The molecule has 0 aromatic heterocycles. The van der Waals surface area contributed by atoms with E-state index in [2.05, 4.69) is 5.32 Å². The Balaban J connectivity index is 2.03. The largest absolute Gasteiger partial charge is 0.354 e. The van der Waals surface area contributed by atoms with Crippen LogP contribution in [0, 0.1) is 6.92 Å². The zero-order valence-corrected chi connectivity index (χ0v) is 24.6. The fraction of sp³-hybridized carbons (Fsp3) is 0.310. The van der Waals surface area contributed by atoms with Gasteiger partial charge in [0.15, 0.2) is 0 Å².